The minimum Gasteiger partial charge on any atom is -0.387 e. The smallest absolute Gasteiger partial charge is 0.111 e. The molecule has 2 rings (SSSR count). The Morgan fingerprint density at radius 3 is 1.85 bits per heavy atom. The van der Waals surface area contributed by atoms with Crippen molar-refractivity contribution in [2.24, 2.45) is 5.92 Å². The van der Waals surface area contributed by atoms with E-state index in [1.165, 1.54) is 0 Å². The van der Waals surface area contributed by atoms with Crippen LogP contribution < -0.4 is 0 Å². The number of fused-ring (bicyclic) bond motifs is 2. The lowest BCUT2D eigenvalue weighted by Gasteiger charge is -2.39. The van der Waals surface area contributed by atoms with Crippen LogP contribution in [0.25, 0.3) is 0 Å². The number of hydrogen-bond donors (Lipinski definition) is 2. The maximum Gasteiger partial charge on any atom is 0.111 e. The number of rotatable bonds is 0. The zero-order chi connectivity index (χ0) is 9.85. The molecule has 2 N–H and O–H groups in total. The van der Waals surface area contributed by atoms with E-state index in [4.69, 9.17) is 4.74 Å². The van der Waals surface area contributed by atoms with Crippen molar-refractivity contribution < 1.29 is 14.9 Å². The van der Waals surface area contributed by atoms with Gasteiger partial charge in [-0.2, -0.15) is 0 Å². The first-order chi connectivity index (χ1) is 5.87. The fraction of sp³-hybridized carbons (Fsp3) is 1.00. The third kappa shape index (κ3) is 1.14. The van der Waals surface area contributed by atoms with Crippen LogP contribution in [0.4, 0.5) is 0 Å². The molecule has 3 heteroatoms. The molecule has 0 aromatic heterocycles. The van der Waals surface area contributed by atoms with Gasteiger partial charge in [-0.25, -0.2) is 0 Å². The van der Waals surface area contributed by atoms with E-state index in [-0.39, 0.29) is 0 Å². The minimum atomic E-state index is -0.734. The quantitative estimate of drug-likeness (QED) is 0.585. The van der Waals surface area contributed by atoms with Crippen LogP contribution in [0.2, 0.25) is 0 Å². The highest BCUT2D eigenvalue weighted by Gasteiger charge is 2.60. The Hall–Kier alpha value is -0.120. The van der Waals surface area contributed by atoms with Crippen molar-refractivity contribution in [2.45, 2.75) is 57.0 Å². The van der Waals surface area contributed by atoms with Gasteiger partial charge in [-0.1, -0.05) is 6.92 Å². The van der Waals surface area contributed by atoms with Gasteiger partial charge in [-0.3, -0.25) is 0 Å². The maximum absolute atomic E-state index is 9.84. The highest BCUT2D eigenvalue weighted by Crippen LogP contribution is 2.49. The molecular formula is C10H18O3. The zero-order valence-corrected chi connectivity index (χ0v) is 8.45. The molecule has 0 aliphatic carbocycles. The number of aliphatic hydroxyl groups is 2. The first-order valence-electron chi connectivity index (χ1n) is 4.94. The molecule has 2 aliphatic heterocycles. The van der Waals surface area contributed by atoms with Crippen molar-refractivity contribution in [1.82, 2.24) is 0 Å². The first-order valence-corrected chi connectivity index (χ1v) is 4.94. The highest BCUT2D eigenvalue weighted by molar-refractivity contribution is 5.10. The van der Waals surface area contributed by atoms with Crippen molar-refractivity contribution in [3.8, 4) is 0 Å². The molecule has 2 fully saturated rings. The molecular weight excluding hydrogens is 168 g/mol. The molecule has 13 heavy (non-hydrogen) atoms. The summed E-state index contributed by atoms with van der Waals surface area (Å²) in [7, 11) is 0. The SMILES string of the molecule is CC1CC2(C)OC(C)(C1)C(O)C2O. The molecule has 0 radical (unpaired) electrons. The molecule has 2 aliphatic rings. The van der Waals surface area contributed by atoms with Gasteiger partial charge < -0.3 is 14.9 Å². The molecule has 0 amide bonds. The van der Waals surface area contributed by atoms with Crippen molar-refractivity contribution in [1.29, 1.82) is 0 Å². The largest absolute Gasteiger partial charge is 0.387 e. The van der Waals surface area contributed by atoms with E-state index in [0.717, 1.165) is 12.8 Å². The summed E-state index contributed by atoms with van der Waals surface area (Å²) in [6, 6.07) is 0. The normalized spacial score (nSPS) is 61.2. The second-order valence-electron chi connectivity index (χ2n) is 5.13. The standard InChI is InChI=1S/C10H18O3/c1-6-4-9(2)7(11)8(12)10(3,5-6)13-9/h6-8,11-12H,4-5H2,1-3H3. The number of aliphatic hydroxyl groups excluding tert-OH is 2. The van der Waals surface area contributed by atoms with E-state index in [0.29, 0.717) is 5.92 Å². The van der Waals surface area contributed by atoms with Crippen molar-refractivity contribution in [3.05, 3.63) is 0 Å². The average molecular weight is 186 g/mol. The molecule has 0 saturated carbocycles. The van der Waals surface area contributed by atoms with Crippen LogP contribution in [0.5, 0.6) is 0 Å². The molecule has 2 saturated heterocycles. The molecule has 4 atom stereocenters. The van der Waals surface area contributed by atoms with Gasteiger partial charge >= 0.3 is 0 Å². The third-order valence-corrected chi connectivity index (χ3v) is 3.52. The number of ether oxygens (including phenoxy) is 1. The Balaban J connectivity index is 2.35. The first kappa shape index (κ1) is 9.44. The van der Waals surface area contributed by atoms with Gasteiger partial charge in [0, 0.05) is 0 Å². The van der Waals surface area contributed by atoms with E-state index >= 15 is 0 Å². The molecule has 0 aromatic carbocycles. The Morgan fingerprint density at radius 2 is 1.46 bits per heavy atom. The lowest BCUT2D eigenvalue weighted by Crippen LogP contribution is -2.43. The average Bonchev–Trinajstić information content (AvgIpc) is 2.08. The van der Waals surface area contributed by atoms with Gasteiger partial charge in [0.1, 0.15) is 12.2 Å². The van der Waals surface area contributed by atoms with Gasteiger partial charge in [0.15, 0.2) is 0 Å². The molecule has 0 spiro atoms. The fourth-order valence-electron chi connectivity index (χ4n) is 3.10. The Kier molecular flexibility index (Phi) is 1.79. The van der Waals surface area contributed by atoms with Gasteiger partial charge in [0.2, 0.25) is 0 Å². The summed E-state index contributed by atoms with van der Waals surface area (Å²) in [4.78, 5) is 0. The predicted octanol–water partition coefficient (Wildman–Crippen LogP) is 0.686. The molecule has 3 nitrogen and oxygen atoms in total. The van der Waals surface area contributed by atoms with E-state index < -0.39 is 23.4 Å². The summed E-state index contributed by atoms with van der Waals surface area (Å²) in [5.41, 5.74) is -1.07. The zero-order valence-electron chi connectivity index (χ0n) is 8.45. The number of hydrogen-bond acceptors (Lipinski definition) is 3. The third-order valence-electron chi connectivity index (χ3n) is 3.52. The van der Waals surface area contributed by atoms with Crippen LogP contribution >= 0.6 is 0 Å². The van der Waals surface area contributed by atoms with Crippen LogP contribution in [-0.4, -0.2) is 33.6 Å². The highest BCUT2D eigenvalue weighted by atomic mass is 16.6. The molecule has 76 valence electrons. The molecule has 2 bridgehead atoms. The fourth-order valence-corrected chi connectivity index (χ4v) is 3.10. The molecule has 0 aromatic rings. The second kappa shape index (κ2) is 2.47. The van der Waals surface area contributed by atoms with Crippen LogP contribution in [0.1, 0.15) is 33.6 Å². The summed E-state index contributed by atoms with van der Waals surface area (Å²) in [5.74, 6) is 0.510. The summed E-state index contributed by atoms with van der Waals surface area (Å²) in [6.45, 7) is 5.92. The second-order valence-corrected chi connectivity index (χ2v) is 5.13. The minimum absolute atomic E-state index is 0.510. The predicted molar refractivity (Wildman–Crippen MR) is 48.3 cm³/mol. The lowest BCUT2D eigenvalue weighted by molar-refractivity contribution is -0.161. The summed E-state index contributed by atoms with van der Waals surface area (Å²) < 4.78 is 5.77. The Bertz CT molecular complexity index is 208. The topological polar surface area (TPSA) is 49.7 Å². The summed E-state index contributed by atoms with van der Waals surface area (Å²) >= 11 is 0. The Morgan fingerprint density at radius 1 is 1.08 bits per heavy atom. The van der Waals surface area contributed by atoms with E-state index in [9.17, 15) is 10.2 Å². The van der Waals surface area contributed by atoms with E-state index in [1.807, 2.05) is 13.8 Å². The van der Waals surface area contributed by atoms with Crippen LogP contribution in [0.15, 0.2) is 0 Å². The van der Waals surface area contributed by atoms with Crippen LogP contribution in [-0.2, 0) is 4.74 Å². The van der Waals surface area contributed by atoms with Gasteiger partial charge in [0.25, 0.3) is 0 Å². The maximum atomic E-state index is 9.84. The molecule has 4 unspecified atom stereocenters. The van der Waals surface area contributed by atoms with Crippen LogP contribution in [0.3, 0.4) is 0 Å². The summed E-state index contributed by atoms with van der Waals surface area (Å²) in [5, 5.41) is 19.7. The van der Waals surface area contributed by atoms with E-state index in [2.05, 4.69) is 6.92 Å². The Labute approximate surface area is 78.7 Å². The summed E-state index contributed by atoms with van der Waals surface area (Å²) in [6.07, 6.45) is 0.201. The molecule has 2 heterocycles. The van der Waals surface area contributed by atoms with Gasteiger partial charge in [-0.15, -0.1) is 0 Å². The van der Waals surface area contributed by atoms with Crippen molar-refractivity contribution in [3.63, 3.8) is 0 Å². The van der Waals surface area contributed by atoms with Crippen molar-refractivity contribution in [2.75, 3.05) is 0 Å². The lowest BCUT2D eigenvalue weighted by atomic mass is 9.86. The van der Waals surface area contributed by atoms with Crippen LogP contribution in [0, 0.1) is 5.92 Å². The van der Waals surface area contributed by atoms with Gasteiger partial charge in [0.05, 0.1) is 11.2 Å². The monoisotopic (exact) mass is 186 g/mol. The van der Waals surface area contributed by atoms with E-state index in [1.54, 1.807) is 0 Å². The van der Waals surface area contributed by atoms with Gasteiger partial charge in [-0.05, 0) is 32.6 Å². The van der Waals surface area contributed by atoms with Crippen molar-refractivity contribution >= 4 is 0 Å².